The normalized spacial score (nSPS) is 19.7. The Morgan fingerprint density at radius 3 is 1.93 bits per heavy atom. The van der Waals surface area contributed by atoms with Crippen molar-refractivity contribution in [2.45, 2.75) is 67.3 Å². The Kier molecular flexibility index (Phi) is 4.82. The zero-order chi connectivity index (χ0) is 12.3. The number of carbonyl (C=O) groups excluding carboxylic acids is 1. The number of hydrogen-bond donors (Lipinski definition) is 1. The average molecular weight is 213 g/mol. The molecule has 1 saturated carbocycles. The lowest BCUT2D eigenvalue weighted by atomic mass is 9.87. The van der Waals surface area contributed by atoms with Gasteiger partial charge >= 0.3 is 0 Å². The van der Waals surface area contributed by atoms with Crippen LogP contribution in [0.5, 0.6) is 0 Å². The second-order valence-electron chi connectivity index (χ2n) is 5.62. The molecule has 1 aliphatic carbocycles. The summed E-state index contributed by atoms with van der Waals surface area (Å²) in [7, 11) is 0. The van der Waals surface area contributed by atoms with Crippen LogP contribution in [0.25, 0.3) is 0 Å². The topological polar surface area (TPSA) is 29.1 Å². The molecule has 1 atom stereocenters. The molecule has 2 nitrogen and oxygen atoms in total. The van der Waals surface area contributed by atoms with E-state index in [4.69, 9.17) is 0 Å². The summed E-state index contributed by atoms with van der Waals surface area (Å²) in [6, 6.07) is 0.248. The van der Waals surface area contributed by atoms with E-state index in [9.17, 15) is 4.79 Å². The van der Waals surface area contributed by atoms with Gasteiger partial charge in [-0.05, 0) is 25.2 Å². The van der Waals surface area contributed by atoms with Crippen LogP contribution >= 0.6 is 0 Å². The Balaban J connectivity index is 0.000000921. The van der Waals surface area contributed by atoms with E-state index in [0.717, 1.165) is 12.8 Å². The average Bonchev–Trinajstić information content (AvgIpc) is 2.87. The van der Waals surface area contributed by atoms with Crippen molar-refractivity contribution in [3.63, 3.8) is 0 Å². The fourth-order valence-electron chi connectivity index (χ4n) is 1.00. The maximum atomic E-state index is 11.7. The molecular formula is C13H27NO. The summed E-state index contributed by atoms with van der Waals surface area (Å²) in [4.78, 5) is 11.7. The third-order valence-corrected chi connectivity index (χ3v) is 3.19. The molecule has 1 N–H and O–H groups in total. The summed E-state index contributed by atoms with van der Waals surface area (Å²) in [6.07, 6.45) is 2.10. The van der Waals surface area contributed by atoms with E-state index in [1.165, 1.54) is 0 Å². The van der Waals surface area contributed by atoms with Gasteiger partial charge in [-0.1, -0.05) is 41.5 Å². The molecule has 1 aliphatic rings. The molecule has 0 aromatic carbocycles. The van der Waals surface area contributed by atoms with Crippen molar-refractivity contribution in [2.24, 2.45) is 10.8 Å². The van der Waals surface area contributed by atoms with Crippen molar-refractivity contribution in [3.8, 4) is 0 Å². The SMILES string of the molecule is CC.CC(NC(=O)C1(C)CC1)C(C)(C)C. The van der Waals surface area contributed by atoms with Crippen molar-refractivity contribution in [1.29, 1.82) is 0 Å². The first-order valence-corrected chi connectivity index (χ1v) is 6.07. The van der Waals surface area contributed by atoms with Crippen molar-refractivity contribution in [3.05, 3.63) is 0 Å². The van der Waals surface area contributed by atoms with Crippen LogP contribution in [-0.2, 0) is 4.79 Å². The van der Waals surface area contributed by atoms with Crippen molar-refractivity contribution in [1.82, 2.24) is 5.32 Å². The lowest BCUT2D eigenvalue weighted by molar-refractivity contribution is -0.127. The third kappa shape index (κ3) is 4.23. The van der Waals surface area contributed by atoms with Gasteiger partial charge in [0.05, 0.1) is 0 Å². The molecule has 0 bridgehead atoms. The number of hydrogen-bond acceptors (Lipinski definition) is 1. The van der Waals surface area contributed by atoms with Gasteiger partial charge in [-0.25, -0.2) is 0 Å². The molecule has 15 heavy (non-hydrogen) atoms. The Labute approximate surface area is 94.8 Å². The second kappa shape index (κ2) is 5.00. The van der Waals surface area contributed by atoms with Crippen molar-refractivity contribution < 1.29 is 4.79 Å². The number of nitrogens with one attached hydrogen (secondary N) is 1. The Bertz CT molecular complexity index is 211. The van der Waals surface area contributed by atoms with Crippen LogP contribution in [0.1, 0.15) is 61.3 Å². The quantitative estimate of drug-likeness (QED) is 0.748. The first kappa shape index (κ1) is 14.5. The van der Waals surface area contributed by atoms with Gasteiger partial charge < -0.3 is 5.32 Å². The van der Waals surface area contributed by atoms with Gasteiger partial charge in [-0.2, -0.15) is 0 Å². The van der Waals surface area contributed by atoms with Crippen LogP contribution in [-0.4, -0.2) is 11.9 Å². The van der Waals surface area contributed by atoms with Crippen molar-refractivity contribution >= 4 is 5.91 Å². The fourth-order valence-corrected chi connectivity index (χ4v) is 1.00. The standard InChI is InChI=1S/C11H21NO.C2H6/c1-8(10(2,3)4)12-9(13)11(5)6-7-11;1-2/h8H,6-7H2,1-5H3,(H,12,13);1-2H3. The van der Waals surface area contributed by atoms with Gasteiger partial charge in [0.15, 0.2) is 0 Å². The molecule has 1 fully saturated rings. The highest BCUT2D eigenvalue weighted by Gasteiger charge is 2.45. The van der Waals surface area contributed by atoms with E-state index in [0.29, 0.717) is 0 Å². The molecule has 1 rings (SSSR count). The summed E-state index contributed by atoms with van der Waals surface area (Å²) in [5, 5.41) is 3.08. The predicted molar refractivity (Wildman–Crippen MR) is 65.7 cm³/mol. The minimum atomic E-state index is -0.0422. The number of rotatable bonds is 2. The van der Waals surface area contributed by atoms with Crippen LogP contribution < -0.4 is 5.32 Å². The largest absolute Gasteiger partial charge is 0.353 e. The summed E-state index contributed by atoms with van der Waals surface area (Å²) in [5.41, 5.74) is 0.112. The highest BCUT2D eigenvalue weighted by Crippen LogP contribution is 2.45. The minimum Gasteiger partial charge on any atom is -0.353 e. The lowest BCUT2D eigenvalue weighted by Gasteiger charge is -2.29. The van der Waals surface area contributed by atoms with E-state index >= 15 is 0 Å². The molecule has 0 heterocycles. The second-order valence-corrected chi connectivity index (χ2v) is 5.62. The Morgan fingerprint density at radius 1 is 1.27 bits per heavy atom. The van der Waals surface area contributed by atoms with Gasteiger partial charge in [0.25, 0.3) is 0 Å². The van der Waals surface area contributed by atoms with Crippen LogP contribution in [0.2, 0.25) is 0 Å². The minimum absolute atomic E-state index is 0.0422. The molecular weight excluding hydrogens is 186 g/mol. The first-order valence-electron chi connectivity index (χ1n) is 6.07. The molecule has 0 spiro atoms. The summed E-state index contributed by atoms with van der Waals surface area (Å²) in [5.74, 6) is 0.231. The predicted octanol–water partition coefficient (Wildman–Crippen LogP) is 3.36. The van der Waals surface area contributed by atoms with Gasteiger partial charge in [0.1, 0.15) is 0 Å². The Hall–Kier alpha value is -0.530. The van der Waals surface area contributed by atoms with Gasteiger partial charge in [-0.3, -0.25) is 4.79 Å². The van der Waals surface area contributed by atoms with E-state index in [2.05, 4.69) is 33.0 Å². The summed E-state index contributed by atoms with van der Waals surface area (Å²) < 4.78 is 0. The maximum Gasteiger partial charge on any atom is 0.226 e. The number of carbonyl (C=O) groups is 1. The highest BCUT2D eigenvalue weighted by molar-refractivity contribution is 5.85. The molecule has 0 saturated heterocycles. The zero-order valence-corrected chi connectivity index (χ0v) is 11.4. The van der Waals surface area contributed by atoms with Crippen LogP contribution in [0.15, 0.2) is 0 Å². The van der Waals surface area contributed by atoms with E-state index in [-0.39, 0.29) is 22.8 Å². The highest BCUT2D eigenvalue weighted by atomic mass is 16.2. The van der Waals surface area contributed by atoms with E-state index in [1.807, 2.05) is 20.8 Å². The number of amides is 1. The lowest BCUT2D eigenvalue weighted by Crippen LogP contribution is -2.44. The smallest absolute Gasteiger partial charge is 0.226 e. The molecule has 90 valence electrons. The zero-order valence-electron chi connectivity index (χ0n) is 11.4. The molecule has 0 aliphatic heterocycles. The van der Waals surface area contributed by atoms with Crippen LogP contribution in [0.4, 0.5) is 0 Å². The Morgan fingerprint density at radius 2 is 1.67 bits per heavy atom. The van der Waals surface area contributed by atoms with Gasteiger partial charge in [-0.15, -0.1) is 0 Å². The molecule has 2 heteroatoms. The molecule has 0 aromatic heterocycles. The van der Waals surface area contributed by atoms with E-state index in [1.54, 1.807) is 0 Å². The maximum absolute atomic E-state index is 11.7. The molecule has 1 unspecified atom stereocenters. The molecule has 1 amide bonds. The van der Waals surface area contributed by atoms with Gasteiger partial charge in [0.2, 0.25) is 5.91 Å². The summed E-state index contributed by atoms with van der Waals surface area (Å²) >= 11 is 0. The first-order chi connectivity index (χ1) is 6.76. The fraction of sp³-hybridized carbons (Fsp3) is 0.923. The molecule has 0 aromatic rings. The van der Waals surface area contributed by atoms with Gasteiger partial charge in [0, 0.05) is 11.5 Å². The van der Waals surface area contributed by atoms with E-state index < -0.39 is 0 Å². The molecule has 0 radical (unpaired) electrons. The third-order valence-electron chi connectivity index (χ3n) is 3.19. The van der Waals surface area contributed by atoms with Crippen LogP contribution in [0.3, 0.4) is 0 Å². The van der Waals surface area contributed by atoms with Crippen LogP contribution in [0, 0.1) is 10.8 Å². The summed E-state index contributed by atoms with van der Waals surface area (Å²) in [6.45, 7) is 14.6. The monoisotopic (exact) mass is 213 g/mol. The van der Waals surface area contributed by atoms with Crippen molar-refractivity contribution in [2.75, 3.05) is 0 Å².